The second-order valence-corrected chi connectivity index (χ2v) is 5.10. The van der Waals surface area contributed by atoms with Gasteiger partial charge in [-0.25, -0.2) is 0 Å². The van der Waals surface area contributed by atoms with Crippen molar-refractivity contribution < 1.29 is 4.42 Å². The van der Waals surface area contributed by atoms with Crippen molar-refractivity contribution in [2.75, 3.05) is 0 Å². The smallest absolute Gasteiger partial charge is 0.108 e. The Morgan fingerprint density at radius 3 is 2.70 bits per heavy atom. The summed E-state index contributed by atoms with van der Waals surface area (Å²) in [4.78, 5) is 0. The van der Waals surface area contributed by atoms with Crippen molar-refractivity contribution in [1.29, 1.82) is 0 Å². The molecule has 102 valence electrons. The minimum atomic E-state index is -0.0190. The molecule has 3 rings (SSSR count). The predicted molar refractivity (Wildman–Crippen MR) is 82.7 cm³/mol. The fourth-order valence-electron chi connectivity index (χ4n) is 2.79. The highest BCUT2D eigenvalue weighted by molar-refractivity contribution is 5.85. The lowest BCUT2D eigenvalue weighted by Gasteiger charge is -2.13. The summed E-state index contributed by atoms with van der Waals surface area (Å²) in [6, 6.07) is 16.8. The lowest BCUT2D eigenvalue weighted by molar-refractivity contribution is 0.505. The molecule has 0 fully saturated rings. The average molecular weight is 265 g/mol. The number of fused-ring (bicyclic) bond motifs is 1. The number of rotatable bonds is 4. The molecule has 3 aromatic rings. The van der Waals surface area contributed by atoms with Gasteiger partial charge in [-0.05, 0) is 28.8 Å². The van der Waals surface area contributed by atoms with Gasteiger partial charge in [0.15, 0.2) is 0 Å². The highest BCUT2D eigenvalue weighted by atomic mass is 16.3. The van der Waals surface area contributed by atoms with E-state index in [1.54, 1.807) is 6.26 Å². The molecule has 0 radical (unpaired) electrons. The Kier molecular flexibility index (Phi) is 3.57. The maximum absolute atomic E-state index is 6.38. The number of furan rings is 1. The molecule has 1 atom stereocenters. The Hall–Kier alpha value is -2.06. The van der Waals surface area contributed by atoms with Gasteiger partial charge in [0.2, 0.25) is 0 Å². The third-order valence-corrected chi connectivity index (χ3v) is 3.82. The van der Waals surface area contributed by atoms with E-state index >= 15 is 0 Å². The van der Waals surface area contributed by atoms with Crippen LogP contribution in [-0.4, -0.2) is 0 Å². The van der Waals surface area contributed by atoms with E-state index in [0.29, 0.717) is 0 Å². The normalized spacial score (nSPS) is 12.7. The van der Waals surface area contributed by atoms with Gasteiger partial charge in [-0.3, -0.25) is 0 Å². The van der Waals surface area contributed by atoms with Crippen molar-refractivity contribution in [2.24, 2.45) is 5.73 Å². The van der Waals surface area contributed by atoms with Crippen LogP contribution in [0.1, 0.15) is 29.9 Å². The van der Waals surface area contributed by atoms with Crippen molar-refractivity contribution in [1.82, 2.24) is 0 Å². The number of nitrogens with two attached hydrogens (primary N) is 1. The van der Waals surface area contributed by atoms with Gasteiger partial charge in [0, 0.05) is 18.0 Å². The van der Waals surface area contributed by atoms with E-state index in [-0.39, 0.29) is 6.04 Å². The Bertz CT molecular complexity index is 709. The molecule has 0 saturated heterocycles. The summed E-state index contributed by atoms with van der Waals surface area (Å²) in [6.45, 7) is 2.09. The molecular formula is C18H19NO. The summed E-state index contributed by atoms with van der Waals surface area (Å²) in [7, 11) is 0. The van der Waals surface area contributed by atoms with Crippen LogP contribution >= 0.6 is 0 Å². The summed E-state index contributed by atoms with van der Waals surface area (Å²) in [6.07, 6.45) is 3.44. The molecule has 0 saturated carbocycles. The maximum Gasteiger partial charge on any atom is 0.108 e. The van der Waals surface area contributed by atoms with Crippen molar-refractivity contribution in [3.05, 3.63) is 71.7 Å². The first-order valence-electron chi connectivity index (χ1n) is 7.08. The van der Waals surface area contributed by atoms with E-state index < -0.39 is 0 Å². The van der Waals surface area contributed by atoms with E-state index in [4.69, 9.17) is 10.2 Å². The minimum absolute atomic E-state index is 0.0190. The van der Waals surface area contributed by atoms with E-state index in [1.165, 1.54) is 16.3 Å². The van der Waals surface area contributed by atoms with Crippen LogP contribution in [0.15, 0.2) is 59.2 Å². The number of benzene rings is 2. The first-order valence-corrected chi connectivity index (χ1v) is 7.08. The van der Waals surface area contributed by atoms with Gasteiger partial charge in [-0.1, -0.05) is 49.4 Å². The average Bonchev–Trinajstić information content (AvgIpc) is 2.96. The van der Waals surface area contributed by atoms with Crippen LogP contribution in [0.4, 0.5) is 0 Å². The molecule has 2 aromatic carbocycles. The predicted octanol–water partition coefficient (Wildman–Crippen LogP) is 4.24. The number of hydrogen-bond donors (Lipinski definition) is 1. The topological polar surface area (TPSA) is 39.2 Å². The van der Waals surface area contributed by atoms with Crippen LogP contribution < -0.4 is 5.73 Å². The van der Waals surface area contributed by atoms with Crippen LogP contribution in [0.5, 0.6) is 0 Å². The van der Waals surface area contributed by atoms with E-state index in [2.05, 4.69) is 49.4 Å². The Balaban J connectivity index is 1.93. The molecule has 20 heavy (non-hydrogen) atoms. The zero-order valence-corrected chi connectivity index (χ0v) is 11.7. The van der Waals surface area contributed by atoms with Gasteiger partial charge in [0.25, 0.3) is 0 Å². The van der Waals surface area contributed by atoms with Gasteiger partial charge < -0.3 is 10.2 Å². The van der Waals surface area contributed by atoms with Crippen LogP contribution in [0.25, 0.3) is 10.8 Å². The Morgan fingerprint density at radius 2 is 1.85 bits per heavy atom. The third-order valence-electron chi connectivity index (χ3n) is 3.82. The van der Waals surface area contributed by atoms with Crippen LogP contribution in [0.2, 0.25) is 0 Å². The molecule has 0 bridgehead atoms. The maximum atomic E-state index is 6.38. The van der Waals surface area contributed by atoms with Crippen LogP contribution in [0, 0.1) is 0 Å². The molecule has 0 aliphatic carbocycles. The molecule has 1 heterocycles. The summed E-state index contributed by atoms with van der Waals surface area (Å²) in [5.41, 5.74) is 8.79. The molecular weight excluding hydrogens is 246 g/mol. The Labute approximate surface area is 119 Å². The third kappa shape index (κ3) is 2.35. The zero-order valence-electron chi connectivity index (χ0n) is 11.7. The van der Waals surface area contributed by atoms with Gasteiger partial charge in [0.1, 0.15) is 5.76 Å². The molecule has 2 heteroatoms. The lowest BCUT2D eigenvalue weighted by atomic mass is 9.95. The van der Waals surface area contributed by atoms with Crippen molar-refractivity contribution in [3.63, 3.8) is 0 Å². The monoisotopic (exact) mass is 265 g/mol. The van der Waals surface area contributed by atoms with Crippen molar-refractivity contribution in [3.8, 4) is 0 Å². The first-order chi connectivity index (χ1) is 9.79. The fourth-order valence-corrected chi connectivity index (χ4v) is 2.79. The lowest BCUT2D eigenvalue weighted by Crippen LogP contribution is -2.14. The molecule has 2 nitrogen and oxygen atoms in total. The molecule has 0 amide bonds. The van der Waals surface area contributed by atoms with Crippen molar-refractivity contribution >= 4 is 10.8 Å². The van der Waals surface area contributed by atoms with E-state index in [1.807, 2.05) is 6.07 Å². The quantitative estimate of drug-likeness (QED) is 0.766. The highest BCUT2D eigenvalue weighted by Crippen LogP contribution is 2.25. The Morgan fingerprint density at radius 1 is 1.05 bits per heavy atom. The minimum Gasteiger partial charge on any atom is -0.469 e. The summed E-state index contributed by atoms with van der Waals surface area (Å²) >= 11 is 0. The fraction of sp³-hybridized carbons (Fsp3) is 0.222. The van der Waals surface area contributed by atoms with Gasteiger partial charge >= 0.3 is 0 Å². The molecule has 0 aliphatic rings. The molecule has 1 unspecified atom stereocenters. The van der Waals surface area contributed by atoms with E-state index in [0.717, 1.165) is 24.2 Å². The van der Waals surface area contributed by atoms with Gasteiger partial charge in [-0.2, -0.15) is 0 Å². The summed E-state index contributed by atoms with van der Waals surface area (Å²) < 4.78 is 5.48. The molecule has 0 spiro atoms. The van der Waals surface area contributed by atoms with Crippen molar-refractivity contribution in [2.45, 2.75) is 25.8 Å². The first kappa shape index (κ1) is 12.9. The van der Waals surface area contributed by atoms with Crippen LogP contribution in [-0.2, 0) is 12.8 Å². The SMILES string of the molecule is CCc1occc1C(N)Cc1cccc2ccccc12. The number of aryl methyl sites for hydroxylation is 1. The summed E-state index contributed by atoms with van der Waals surface area (Å²) in [5, 5.41) is 2.55. The zero-order chi connectivity index (χ0) is 13.9. The standard InChI is InChI=1S/C18H19NO/c1-2-18-16(10-11-20-18)17(19)12-14-8-5-7-13-6-3-4-9-15(13)14/h3-11,17H,2,12,19H2,1H3. The molecule has 1 aromatic heterocycles. The number of hydrogen-bond acceptors (Lipinski definition) is 2. The highest BCUT2D eigenvalue weighted by Gasteiger charge is 2.14. The second-order valence-electron chi connectivity index (χ2n) is 5.10. The van der Waals surface area contributed by atoms with Gasteiger partial charge in [0.05, 0.1) is 6.26 Å². The molecule has 2 N–H and O–H groups in total. The largest absolute Gasteiger partial charge is 0.469 e. The van der Waals surface area contributed by atoms with E-state index in [9.17, 15) is 0 Å². The van der Waals surface area contributed by atoms with Crippen LogP contribution in [0.3, 0.4) is 0 Å². The summed E-state index contributed by atoms with van der Waals surface area (Å²) in [5.74, 6) is 0.998. The molecule has 0 aliphatic heterocycles. The second kappa shape index (κ2) is 5.51. The van der Waals surface area contributed by atoms with Gasteiger partial charge in [-0.15, -0.1) is 0 Å².